The third-order valence-corrected chi connectivity index (χ3v) is 9.26. The maximum Gasteiger partial charge on any atom is 0.332 e. The number of piperidine rings is 1. The summed E-state index contributed by atoms with van der Waals surface area (Å²) in [5.74, 6) is -0.0957. The number of pyridine rings is 1. The Labute approximate surface area is 249 Å². The number of hydrogen-bond donors (Lipinski definition) is 1. The number of ether oxygens (including phenoxy) is 1. The first kappa shape index (κ1) is 28.3. The van der Waals surface area contributed by atoms with Crippen LogP contribution in [0.2, 0.25) is 5.02 Å². The first-order valence-electron chi connectivity index (χ1n) is 14.2. The van der Waals surface area contributed by atoms with Gasteiger partial charge in [0.1, 0.15) is 17.3 Å². The minimum Gasteiger partial charge on any atom is -0.507 e. The van der Waals surface area contributed by atoms with Gasteiger partial charge < -0.3 is 19.3 Å². The molecule has 0 unspecified atom stereocenters. The number of hydrogen-bond acceptors (Lipinski definition) is 6. The second-order valence-corrected chi connectivity index (χ2v) is 12.0. The Morgan fingerprint density at radius 3 is 2.26 bits per heavy atom. The Balaban J connectivity index is 1.33. The van der Waals surface area contributed by atoms with Crippen molar-refractivity contribution in [2.45, 2.75) is 44.7 Å². The zero-order valence-corrected chi connectivity index (χ0v) is 25.0. The van der Waals surface area contributed by atoms with Crippen LogP contribution >= 0.6 is 11.6 Å². The predicted octanol–water partition coefficient (Wildman–Crippen LogP) is 5.86. The summed E-state index contributed by atoms with van der Waals surface area (Å²) in [6.07, 6.45) is 8.20. The SMILES string of the molecule is COc1ncc(-c2cc(F)cc(-c3ccc(-n4ccn(C)c4=O)c(Cl)c3)c2O)cc1N1CCC2(CC1)CCN2C(C)C. The molecule has 1 N–H and O–H groups in total. The number of aromatic hydroxyl groups is 1. The van der Waals surface area contributed by atoms with Crippen molar-refractivity contribution in [2.75, 3.05) is 31.6 Å². The van der Waals surface area contributed by atoms with E-state index in [9.17, 15) is 9.90 Å². The summed E-state index contributed by atoms with van der Waals surface area (Å²) in [6, 6.07) is 10.0. The molecule has 0 radical (unpaired) electrons. The van der Waals surface area contributed by atoms with Crippen LogP contribution in [0.25, 0.3) is 27.9 Å². The molecule has 10 heteroatoms. The summed E-state index contributed by atoms with van der Waals surface area (Å²) >= 11 is 6.57. The number of benzene rings is 2. The lowest BCUT2D eigenvalue weighted by molar-refractivity contribution is -0.0560. The molecule has 0 amide bonds. The molecule has 6 rings (SSSR count). The van der Waals surface area contributed by atoms with Crippen LogP contribution in [0.4, 0.5) is 10.1 Å². The average molecular weight is 592 g/mol. The van der Waals surface area contributed by atoms with Crippen LogP contribution < -0.4 is 15.3 Å². The quantitative estimate of drug-likeness (QED) is 0.302. The second kappa shape index (κ2) is 10.8. The molecular formula is C32H35ClFN5O3. The molecule has 2 saturated heterocycles. The normalized spacial score (nSPS) is 16.7. The Morgan fingerprint density at radius 1 is 1.00 bits per heavy atom. The van der Waals surface area contributed by atoms with E-state index < -0.39 is 5.82 Å². The van der Waals surface area contributed by atoms with Crippen LogP contribution in [0.3, 0.4) is 0 Å². The first-order valence-corrected chi connectivity index (χ1v) is 14.6. The summed E-state index contributed by atoms with van der Waals surface area (Å²) < 4.78 is 23.6. The number of likely N-dealkylation sites (tertiary alicyclic amines) is 1. The Bertz CT molecular complexity index is 1710. The smallest absolute Gasteiger partial charge is 0.332 e. The molecule has 4 heterocycles. The fourth-order valence-electron chi connectivity index (χ4n) is 6.59. The van der Waals surface area contributed by atoms with Gasteiger partial charge in [-0.15, -0.1) is 0 Å². The van der Waals surface area contributed by atoms with E-state index in [4.69, 9.17) is 16.3 Å². The van der Waals surface area contributed by atoms with E-state index in [2.05, 4.69) is 28.6 Å². The minimum atomic E-state index is -0.506. The number of aromatic nitrogens is 3. The number of phenolic OH excluding ortho intramolecular Hbond substituents is 1. The van der Waals surface area contributed by atoms with E-state index in [0.29, 0.717) is 39.3 Å². The summed E-state index contributed by atoms with van der Waals surface area (Å²) in [7, 11) is 3.25. The van der Waals surface area contributed by atoms with Crippen molar-refractivity contribution in [2.24, 2.45) is 7.05 Å². The number of halogens is 2. The van der Waals surface area contributed by atoms with Gasteiger partial charge in [0.25, 0.3) is 0 Å². The number of anilines is 1. The van der Waals surface area contributed by atoms with E-state index in [0.717, 1.165) is 38.2 Å². The van der Waals surface area contributed by atoms with E-state index in [1.54, 1.807) is 50.9 Å². The zero-order chi connectivity index (χ0) is 29.8. The summed E-state index contributed by atoms with van der Waals surface area (Å²) in [6.45, 7) is 7.39. The van der Waals surface area contributed by atoms with Crippen molar-refractivity contribution in [3.05, 3.63) is 76.3 Å². The van der Waals surface area contributed by atoms with Gasteiger partial charge in [-0.1, -0.05) is 17.7 Å². The van der Waals surface area contributed by atoms with Crippen LogP contribution in [0, 0.1) is 5.82 Å². The molecule has 2 aromatic heterocycles. The average Bonchev–Trinajstić information content (AvgIpc) is 3.30. The highest BCUT2D eigenvalue weighted by Gasteiger charge is 2.47. The predicted molar refractivity (Wildman–Crippen MR) is 163 cm³/mol. The summed E-state index contributed by atoms with van der Waals surface area (Å²) in [4.78, 5) is 21.8. The van der Waals surface area contributed by atoms with E-state index in [1.807, 2.05) is 6.07 Å². The van der Waals surface area contributed by atoms with E-state index in [1.165, 1.54) is 27.7 Å². The largest absolute Gasteiger partial charge is 0.507 e. The van der Waals surface area contributed by atoms with Gasteiger partial charge >= 0.3 is 5.69 Å². The van der Waals surface area contributed by atoms with Gasteiger partial charge in [0.05, 0.1) is 17.8 Å². The lowest BCUT2D eigenvalue weighted by Gasteiger charge is -2.58. The van der Waals surface area contributed by atoms with Crippen LogP contribution in [0.1, 0.15) is 33.1 Å². The Morgan fingerprint density at radius 2 is 1.69 bits per heavy atom. The van der Waals surface area contributed by atoms with Gasteiger partial charge in [-0.05, 0) is 69.0 Å². The fourth-order valence-corrected chi connectivity index (χ4v) is 6.86. The monoisotopic (exact) mass is 591 g/mol. The Kier molecular flexibility index (Phi) is 7.27. The van der Waals surface area contributed by atoms with Crippen LogP contribution in [0.5, 0.6) is 11.6 Å². The zero-order valence-electron chi connectivity index (χ0n) is 24.3. The third kappa shape index (κ3) is 4.74. The van der Waals surface area contributed by atoms with E-state index in [-0.39, 0.29) is 22.5 Å². The molecule has 2 fully saturated rings. The van der Waals surface area contributed by atoms with Crippen molar-refractivity contribution >= 4 is 17.3 Å². The van der Waals surface area contributed by atoms with Gasteiger partial charge in [-0.25, -0.2) is 14.2 Å². The topological polar surface area (TPSA) is 75.8 Å². The number of aryl methyl sites for hydroxylation is 1. The number of imidazole rings is 1. The van der Waals surface area contributed by atoms with Crippen LogP contribution in [-0.2, 0) is 7.05 Å². The van der Waals surface area contributed by atoms with Crippen molar-refractivity contribution in [1.82, 2.24) is 19.0 Å². The van der Waals surface area contributed by atoms with Gasteiger partial charge in [-0.3, -0.25) is 9.47 Å². The molecule has 1 spiro atoms. The minimum absolute atomic E-state index is 0.0883. The standard InChI is InChI=1S/C32H35ClFN5O3/c1-20(2)39-12-9-32(39)7-10-37(11-8-32)28-16-22(19-35-30(28)42-4)25-18-23(34)17-24(29(25)40)21-5-6-27(26(33)15-21)38-14-13-36(3)31(38)41/h5-6,13-20,40H,7-12H2,1-4H3. The maximum atomic E-state index is 15.1. The maximum absolute atomic E-state index is 15.1. The molecule has 0 bridgehead atoms. The molecule has 8 nitrogen and oxygen atoms in total. The lowest BCUT2D eigenvalue weighted by atomic mass is 9.75. The van der Waals surface area contributed by atoms with Crippen molar-refractivity contribution in [3.63, 3.8) is 0 Å². The lowest BCUT2D eigenvalue weighted by Crippen LogP contribution is -2.66. The molecule has 0 aliphatic carbocycles. The van der Waals surface area contributed by atoms with Gasteiger partial charge in [0.2, 0.25) is 5.88 Å². The van der Waals surface area contributed by atoms with E-state index >= 15 is 4.39 Å². The van der Waals surface area contributed by atoms with Crippen molar-refractivity contribution in [3.8, 4) is 39.6 Å². The highest BCUT2D eigenvalue weighted by Crippen LogP contribution is 2.45. The Hall–Kier alpha value is -3.82. The van der Waals surface area contributed by atoms with Gasteiger partial charge in [0, 0.05) is 73.5 Å². The fraction of sp³-hybridized carbons (Fsp3) is 0.375. The molecule has 2 aliphatic heterocycles. The third-order valence-electron chi connectivity index (χ3n) is 8.96. The summed E-state index contributed by atoms with van der Waals surface area (Å²) in [5, 5.41) is 11.7. The molecular weight excluding hydrogens is 557 g/mol. The second-order valence-electron chi connectivity index (χ2n) is 11.6. The summed E-state index contributed by atoms with van der Waals surface area (Å²) in [5.41, 5.74) is 3.05. The number of rotatable bonds is 6. The highest BCUT2D eigenvalue weighted by atomic mass is 35.5. The number of methoxy groups -OCH3 is 1. The molecule has 42 heavy (non-hydrogen) atoms. The first-order chi connectivity index (χ1) is 20.1. The van der Waals surface area contributed by atoms with Gasteiger partial charge in [-0.2, -0.15) is 0 Å². The molecule has 0 saturated carbocycles. The molecule has 4 aromatic rings. The molecule has 2 aromatic carbocycles. The highest BCUT2D eigenvalue weighted by molar-refractivity contribution is 6.32. The number of phenols is 1. The molecule has 0 atom stereocenters. The molecule has 2 aliphatic rings. The van der Waals surface area contributed by atoms with Crippen LogP contribution in [-0.4, -0.2) is 62.4 Å². The van der Waals surface area contributed by atoms with Crippen molar-refractivity contribution in [1.29, 1.82) is 0 Å². The van der Waals surface area contributed by atoms with Crippen molar-refractivity contribution < 1.29 is 14.2 Å². The van der Waals surface area contributed by atoms with Gasteiger partial charge in [0.15, 0.2) is 0 Å². The van der Waals surface area contributed by atoms with Crippen LogP contribution in [0.15, 0.2) is 59.8 Å². The molecule has 220 valence electrons. The number of nitrogens with zero attached hydrogens (tertiary/aromatic N) is 5.